The quantitative estimate of drug-likeness (QED) is 0.832. The van der Waals surface area contributed by atoms with Crippen LogP contribution in [0, 0.1) is 6.92 Å². The Morgan fingerprint density at radius 1 is 1.17 bits per heavy atom. The van der Waals surface area contributed by atoms with Gasteiger partial charge in [0, 0.05) is 6.54 Å². The predicted molar refractivity (Wildman–Crippen MR) is 86.0 cm³/mol. The summed E-state index contributed by atoms with van der Waals surface area (Å²) in [7, 11) is 0. The largest absolute Gasteiger partial charge is 0.507 e. The van der Waals surface area contributed by atoms with Crippen molar-refractivity contribution in [2.45, 2.75) is 26.5 Å². The number of rotatable bonds is 5. The number of hydrogen-bond donors (Lipinski definition) is 2. The molecule has 0 radical (unpaired) electrons. The first-order valence-electron chi connectivity index (χ1n) is 7.29. The Kier molecular flexibility index (Phi) is 5.36. The van der Waals surface area contributed by atoms with Gasteiger partial charge in [-0.1, -0.05) is 36.4 Å². The second kappa shape index (κ2) is 7.45. The van der Waals surface area contributed by atoms with Crippen LogP contribution in [0.2, 0.25) is 0 Å². The summed E-state index contributed by atoms with van der Waals surface area (Å²) in [5, 5.41) is 12.5. The van der Waals surface area contributed by atoms with Gasteiger partial charge in [0.05, 0.1) is 0 Å². The highest BCUT2D eigenvalue weighted by Gasteiger charge is 2.20. The van der Waals surface area contributed by atoms with Crippen LogP contribution in [0.3, 0.4) is 0 Å². The molecular formula is C18H19NO4. The van der Waals surface area contributed by atoms with Crippen molar-refractivity contribution < 1.29 is 19.4 Å². The molecule has 1 amide bonds. The van der Waals surface area contributed by atoms with Gasteiger partial charge in [-0.3, -0.25) is 4.79 Å². The minimum Gasteiger partial charge on any atom is -0.507 e. The zero-order chi connectivity index (χ0) is 16.8. The summed E-state index contributed by atoms with van der Waals surface area (Å²) in [6.45, 7) is 3.65. The molecule has 0 aliphatic rings. The Balaban J connectivity index is 1.91. The van der Waals surface area contributed by atoms with Gasteiger partial charge in [0.1, 0.15) is 11.3 Å². The summed E-state index contributed by atoms with van der Waals surface area (Å²) in [5.41, 5.74) is 1.82. The SMILES string of the molecule is Cc1ccc(C(=O)O[C@@H](C)C(=O)NCc2ccccc2)c(O)c1. The average Bonchev–Trinajstić information content (AvgIpc) is 2.53. The molecule has 2 aromatic rings. The van der Waals surface area contributed by atoms with Crippen molar-refractivity contribution in [2.75, 3.05) is 0 Å². The van der Waals surface area contributed by atoms with Gasteiger partial charge in [0.2, 0.25) is 0 Å². The van der Waals surface area contributed by atoms with E-state index in [1.54, 1.807) is 13.0 Å². The van der Waals surface area contributed by atoms with E-state index in [0.717, 1.165) is 11.1 Å². The van der Waals surface area contributed by atoms with Gasteiger partial charge >= 0.3 is 5.97 Å². The lowest BCUT2D eigenvalue weighted by Gasteiger charge is -2.14. The molecular weight excluding hydrogens is 294 g/mol. The maximum Gasteiger partial charge on any atom is 0.342 e. The van der Waals surface area contributed by atoms with Crippen molar-refractivity contribution >= 4 is 11.9 Å². The number of aromatic hydroxyl groups is 1. The van der Waals surface area contributed by atoms with Crippen LogP contribution < -0.4 is 5.32 Å². The molecule has 23 heavy (non-hydrogen) atoms. The Morgan fingerprint density at radius 2 is 1.87 bits per heavy atom. The summed E-state index contributed by atoms with van der Waals surface area (Å²) in [6, 6.07) is 14.1. The maximum absolute atomic E-state index is 12.0. The van der Waals surface area contributed by atoms with Gasteiger partial charge in [0.15, 0.2) is 6.10 Å². The Labute approximate surface area is 134 Å². The van der Waals surface area contributed by atoms with E-state index in [9.17, 15) is 14.7 Å². The first kappa shape index (κ1) is 16.5. The molecule has 0 fully saturated rings. The van der Waals surface area contributed by atoms with Gasteiger partial charge in [-0.25, -0.2) is 4.79 Å². The zero-order valence-corrected chi connectivity index (χ0v) is 13.1. The summed E-state index contributed by atoms with van der Waals surface area (Å²) >= 11 is 0. The molecule has 0 heterocycles. The number of esters is 1. The number of carbonyl (C=O) groups is 2. The second-order valence-electron chi connectivity index (χ2n) is 5.27. The highest BCUT2D eigenvalue weighted by atomic mass is 16.5. The highest BCUT2D eigenvalue weighted by molar-refractivity contribution is 5.94. The molecule has 0 unspecified atom stereocenters. The number of nitrogens with one attached hydrogen (secondary N) is 1. The summed E-state index contributed by atoms with van der Waals surface area (Å²) in [6.07, 6.45) is -0.952. The molecule has 0 spiro atoms. The first-order valence-corrected chi connectivity index (χ1v) is 7.29. The van der Waals surface area contributed by atoms with E-state index in [4.69, 9.17) is 4.74 Å². The molecule has 0 saturated heterocycles. The normalized spacial score (nSPS) is 11.6. The van der Waals surface area contributed by atoms with E-state index >= 15 is 0 Å². The van der Waals surface area contributed by atoms with Crippen molar-refractivity contribution in [3.8, 4) is 5.75 Å². The number of aryl methyl sites for hydroxylation is 1. The summed E-state index contributed by atoms with van der Waals surface area (Å²) < 4.78 is 5.10. The number of carbonyl (C=O) groups excluding carboxylic acids is 2. The standard InChI is InChI=1S/C18H19NO4/c1-12-8-9-15(16(20)10-12)18(22)23-13(2)17(21)19-11-14-6-4-3-5-7-14/h3-10,13,20H,11H2,1-2H3,(H,19,21)/t13-/m0/s1. The van der Waals surface area contributed by atoms with Gasteiger partial charge in [0.25, 0.3) is 5.91 Å². The molecule has 2 N–H and O–H groups in total. The number of hydrogen-bond acceptors (Lipinski definition) is 4. The zero-order valence-electron chi connectivity index (χ0n) is 13.1. The molecule has 5 heteroatoms. The monoisotopic (exact) mass is 313 g/mol. The van der Waals surface area contributed by atoms with Crippen LogP contribution in [0.25, 0.3) is 0 Å². The fraction of sp³-hybridized carbons (Fsp3) is 0.222. The minimum absolute atomic E-state index is 0.0401. The topological polar surface area (TPSA) is 75.6 Å². The third-order valence-corrected chi connectivity index (χ3v) is 3.34. The van der Waals surface area contributed by atoms with Crippen LogP contribution in [-0.4, -0.2) is 23.1 Å². The molecule has 0 aromatic heterocycles. The molecule has 0 aliphatic heterocycles. The lowest BCUT2D eigenvalue weighted by molar-refractivity contribution is -0.129. The summed E-state index contributed by atoms with van der Waals surface area (Å²) in [4.78, 5) is 24.0. The van der Waals surface area contributed by atoms with Gasteiger partial charge in [-0.2, -0.15) is 0 Å². The average molecular weight is 313 g/mol. The van der Waals surface area contributed by atoms with E-state index in [0.29, 0.717) is 6.54 Å². The molecule has 2 rings (SSSR count). The maximum atomic E-state index is 12.0. The molecule has 0 bridgehead atoms. The van der Waals surface area contributed by atoms with Crippen LogP contribution in [-0.2, 0) is 16.1 Å². The fourth-order valence-electron chi connectivity index (χ4n) is 2.02. The minimum atomic E-state index is -0.952. The lowest BCUT2D eigenvalue weighted by atomic mass is 10.1. The van der Waals surface area contributed by atoms with Gasteiger partial charge < -0.3 is 15.2 Å². The lowest BCUT2D eigenvalue weighted by Crippen LogP contribution is -2.35. The van der Waals surface area contributed by atoms with Crippen molar-refractivity contribution in [1.82, 2.24) is 5.32 Å². The number of benzene rings is 2. The molecule has 120 valence electrons. The van der Waals surface area contributed by atoms with Crippen LogP contribution in [0.15, 0.2) is 48.5 Å². The number of phenols is 1. The number of amides is 1. The molecule has 0 saturated carbocycles. The molecule has 0 aliphatic carbocycles. The Hall–Kier alpha value is -2.82. The van der Waals surface area contributed by atoms with Gasteiger partial charge in [-0.05, 0) is 37.1 Å². The first-order chi connectivity index (χ1) is 11.0. The van der Waals surface area contributed by atoms with E-state index < -0.39 is 18.0 Å². The van der Waals surface area contributed by atoms with E-state index in [1.807, 2.05) is 30.3 Å². The smallest absolute Gasteiger partial charge is 0.342 e. The van der Waals surface area contributed by atoms with E-state index in [-0.39, 0.29) is 11.3 Å². The van der Waals surface area contributed by atoms with Crippen molar-refractivity contribution in [1.29, 1.82) is 0 Å². The molecule has 5 nitrogen and oxygen atoms in total. The van der Waals surface area contributed by atoms with Crippen LogP contribution in [0.4, 0.5) is 0 Å². The van der Waals surface area contributed by atoms with E-state index in [2.05, 4.69) is 5.32 Å². The van der Waals surface area contributed by atoms with Crippen LogP contribution >= 0.6 is 0 Å². The van der Waals surface area contributed by atoms with Crippen molar-refractivity contribution in [3.63, 3.8) is 0 Å². The van der Waals surface area contributed by atoms with Crippen molar-refractivity contribution in [3.05, 3.63) is 65.2 Å². The fourth-order valence-corrected chi connectivity index (χ4v) is 2.02. The Morgan fingerprint density at radius 3 is 2.52 bits per heavy atom. The molecule has 2 aromatic carbocycles. The molecule has 1 atom stereocenters. The summed E-state index contributed by atoms with van der Waals surface area (Å²) in [5.74, 6) is -1.29. The van der Waals surface area contributed by atoms with E-state index in [1.165, 1.54) is 19.1 Å². The number of phenolic OH excluding ortho intramolecular Hbond substituents is 1. The second-order valence-corrected chi connectivity index (χ2v) is 5.27. The predicted octanol–water partition coefficient (Wildman–Crippen LogP) is 2.56. The Bertz CT molecular complexity index is 697. The van der Waals surface area contributed by atoms with Crippen molar-refractivity contribution in [2.24, 2.45) is 0 Å². The number of ether oxygens (including phenoxy) is 1. The third-order valence-electron chi connectivity index (χ3n) is 3.34. The van der Waals surface area contributed by atoms with Crippen LogP contribution in [0.5, 0.6) is 5.75 Å². The van der Waals surface area contributed by atoms with Gasteiger partial charge in [-0.15, -0.1) is 0 Å². The third kappa shape index (κ3) is 4.57. The van der Waals surface area contributed by atoms with Crippen LogP contribution in [0.1, 0.15) is 28.4 Å². The highest BCUT2D eigenvalue weighted by Crippen LogP contribution is 2.19.